The lowest BCUT2D eigenvalue weighted by Crippen LogP contribution is -2.51. The number of ether oxygens (including phenoxy) is 1. The number of likely N-dealkylation sites (tertiary alicyclic amines) is 3. The van der Waals surface area contributed by atoms with Gasteiger partial charge in [-0.25, -0.2) is 4.98 Å². The Bertz CT molecular complexity index is 2490. The number of phenolic OH excluding ortho intramolecular Hbond substituents is 1. The Balaban J connectivity index is 0.738. The molecule has 4 aromatic heterocycles. The summed E-state index contributed by atoms with van der Waals surface area (Å²) in [6.07, 6.45) is 0.444. The smallest absolute Gasteiger partial charge is 0.254 e. The van der Waals surface area contributed by atoms with Crippen LogP contribution < -0.4 is 10.1 Å². The summed E-state index contributed by atoms with van der Waals surface area (Å²) in [5.41, 5.74) is 8.04. The number of thiazole rings is 1. The summed E-state index contributed by atoms with van der Waals surface area (Å²) in [5, 5.41) is 37.7. The molecule has 0 spiro atoms. The molecule has 0 saturated carbocycles. The predicted molar refractivity (Wildman–Crippen MR) is 230 cm³/mol. The number of hydrogen-bond acceptors (Lipinski definition) is 13. The van der Waals surface area contributed by atoms with Crippen molar-refractivity contribution in [2.45, 2.75) is 70.2 Å². The van der Waals surface area contributed by atoms with Gasteiger partial charge in [0.1, 0.15) is 24.3 Å². The number of benzene rings is 2. The minimum atomic E-state index is -0.808. The molecule has 61 heavy (non-hydrogen) atoms. The van der Waals surface area contributed by atoms with Gasteiger partial charge in [-0.3, -0.25) is 19.4 Å². The van der Waals surface area contributed by atoms with Crippen molar-refractivity contribution in [3.63, 3.8) is 0 Å². The van der Waals surface area contributed by atoms with Crippen LogP contribution in [0.15, 0.2) is 76.8 Å². The van der Waals surface area contributed by atoms with E-state index in [1.807, 2.05) is 68.7 Å². The fourth-order valence-electron chi connectivity index (χ4n) is 8.96. The zero-order valence-electron chi connectivity index (χ0n) is 34.5. The van der Waals surface area contributed by atoms with Crippen molar-refractivity contribution >= 4 is 34.2 Å². The summed E-state index contributed by atoms with van der Waals surface area (Å²) in [6.45, 7) is 11.3. The van der Waals surface area contributed by atoms with Crippen molar-refractivity contribution in [3.05, 3.63) is 95.0 Å². The molecular formula is C45H51N9O6S. The van der Waals surface area contributed by atoms with Crippen LogP contribution in [0.3, 0.4) is 0 Å². The summed E-state index contributed by atoms with van der Waals surface area (Å²) in [6, 6.07) is 20.6. The van der Waals surface area contributed by atoms with E-state index in [-0.39, 0.29) is 36.4 Å². The van der Waals surface area contributed by atoms with Gasteiger partial charge in [0.15, 0.2) is 11.4 Å². The van der Waals surface area contributed by atoms with Crippen LogP contribution >= 0.6 is 11.3 Å². The number of β-amino-alcohol motifs (C(OH)–C–C–N with tert-alkyl or cyclic N) is 1. The number of aliphatic hydroxyl groups is 1. The van der Waals surface area contributed by atoms with Gasteiger partial charge in [-0.2, -0.15) is 0 Å². The number of aliphatic hydroxyl groups excluding tert-OH is 1. The summed E-state index contributed by atoms with van der Waals surface area (Å²) in [4.78, 5) is 42.9. The SMILES string of the molecule is Cc1ncsc1-c1ccc(CNC(=O)[C@@H]2C[C@@H](O)CN2C(=O)[C@@H](c2cc(OCCN3CCC(N4CC(c5cc6cc(-c7ccccc7O)nnc6[nH]5)C4)C3)no2)C(C)C)cc1. The third kappa shape index (κ3) is 8.62. The van der Waals surface area contributed by atoms with Crippen LogP contribution in [0.2, 0.25) is 0 Å². The van der Waals surface area contributed by atoms with Crippen LogP contribution in [0.25, 0.3) is 32.7 Å². The summed E-state index contributed by atoms with van der Waals surface area (Å²) >= 11 is 1.59. The second-order valence-corrected chi connectivity index (χ2v) is 17.7. The number of phenols is 1. The lowest BCUT2D eigenvalue weighted by molar-refractivity contribution is -0.141. The number of aromatic nitrogens is 5. The van der Waals surface area contributed by atoms with E-state index in [1.165, 1.54) is 4.90 Å². The molecule has 16 heteroatoms. The number of amides is 2. The summed E-state index contributed by atoms with van der Waals surface area (Å²) in [7, 11) is 0. The van der Waals surface area contributed by atoms with E-state index in [9.17, 15) is 19.8 Å². The first-order valence-corrected chi connectivity index (χ1v) is 21.9. The molecule has 3 aliphatic rings. The summed E-state index contributed by atoms with van der Waals surface area (Å²) in [5.74, 6) is -0.180. The number of nitrogens with one attached hydrogen (secondary N) is 2. The number of hydrogen-bond donors (Lipinski definition) is 4. The maximum absolute atomic E-state index is 14.1. The van der Waals surface area contributed by atoms with Gasteiger partial charge in [-0.1, -0.05) is 50.2 Å². The number of aromatic hydroxyl groups is 1. The number of nitrogens with zero attached hydrogens (tertiary/aromatic N) is 7. The molecule has 4 atom stereocenters. The maximum atomic E-state index is 14.1. The van der Waals surface area contributed by atoms with E-state index >= 15 is 0 Å². The Morgan fingerprint density at radius 1 is 1.05 bits per heavy atom. The number of H-pyrrole nitrogens is 1. The molecule has 9 rings (SSSR count). The number of carbonyl (C=O) groups excluding carboxylic acids is 2. The van der Waals surface area contributed by atoms with E-state index in [2.05, 4.69) is 46.5 Å². The molecule has 2 amide bonds. The molecule has 6 aromatic rings. The number of aryl methyl sites for hydroxylation is 1. The predicted octanol–water partition coefficient (Wildman–Crippen LogP) is 5.32. The largest absolute Gasteiger partial charge is 0.507 e. The highest BCUT2D eigenvalue weighted by molar-refractivity contribution is 7.13. The molecule has 3 fully saturated rings. The molecule has 0 bridgehead atoms. The normalized spacial score (nSPS) is 20.4. The molecular weight excluding hydrogens is 795 g/mol. The minimum absolute atomic E-state index is 0.0658. The molecule has 3 aliphatic heterocycles. The van der Waals surface area contributed by atoms with E-state index in [0.717, 1.165) is 77.6 Å². The molecule has 0 radical (unpaired) electrons. The molecule has 4 N–H and O–H groups in total. The Kier molecular flexibility index (Phi) is 11.6. The van der Waals surface area contributed by atoms with E-state index in [1.54, 1.807) is 29.5 Å². The van der Waals surface area contributed by atoms with E-state index in [4.69, 9.17) is 9.26 Å². The number of aromatic amines is 1. The highest BCUT2D eigenvalue weighted by Crippen LogP contribution is 2.35. The number of para-hydroxylation sites is 1. The molecule has 0 aliphatic carbocycles. The maximum Gasteiger partial charge on any atom is 0.254 e. The fourth-order valence-corrected chi connectivity index (χ4v) is 9.77. The zero-order chi connectivity index (χ0) is 42.2. The highest BCUT2D eigenvalue weighted by Gasteiger charge is 2.43. The van der Waals surface area contributed by atoms with Gasteiger partial charge >= 0.3 is 0 Å². The lowest BCUT2D eigenvalue weighted by Gasteiger charge is -2.43. The highest BCUT2D eigenvalue weighted by atomic mass is 32.1. The van der Waals surface area contributed by atoms with Crippen molar-refractivity contribution < 1.29 is 29.1 Å². The van der Waals surface area contributed by atoms with Crippen LogP contribution in [0.5, 0.6) is 11.6 Å². The Morgan fingerprint density at radius 2 is 1.87 bits per heavy atom. The van der Waals surface area contributed by atoms with Gasteiger partial charge in [0.05, 0.1) is 27.9 Å². The van der Waals surface area contributed by atoms with Crippen molar-refractivity contribution in [2.75, 3.05) is 45.9 Å². The third-order valence-electron chi connectivity index (χ3n) is 12.4. The average Bonchev–Trinajstić information content (AvgIpc) is 4.09. The molecule has 1 unspecified atom stereocenters. The molecule has 2 aromatic carbocycles. The van der Waals surface area contributed by atoms with Crippen LogP contribution in [0.1, 0.15) is 61.2 Å². The number of rotatable bonds is 14. The standard InChI is InChI=1S/C45H51N9O6S/c1-26(2)41(45(58)54-24-33(55)18-37(54)44(57)46-20-28-8-10-29(11-9-28)42-27(3)47-25-61-42)39-19-40(51-60-39)59-15-14-52-13-12-32(23-52)53-21-31(22-53)35-16-30-17-36(49-50-43(30)48-35)34-6-4-5-7-38(34)56/h4-11,16-17,19,25-26,31-33,37,41,55-56H,12-15,18,20-24H2,1-3H3,(H,46,57)(H,48,50)/t32?,33-,37+,41-/m1/s1. The topological polar surface area (TPSA) is 186 Å². The van der Waals surface area contributed by atoms with Gasteiger partial charge in [-0.05, 0) is 66.4 Å². The van der Waals surface area contributed by atoms with Crippen LogP contribution in [0.4, 0.5) is 0 Å². The van der Waals surface area contributed by atoms with Crippen LogP contribution in [-0.4, -0.2) is 126 Å². The van der Waals surface area contributed by atoms with Gasteiger partial charge in [-0.15, -0.1) is 21.5 Å². The van der Waals surface area contributed by atoms with E-state index < -0.39 is 18.1 Å². The first-order valence-electron chi connectivity index (χ1n) is 21.0. The van der Waals surface area contributed by atoms with Crippen molar-refractivity contribution in [2.24, 2.45) is 5.92 Å². The second-order valence-electron chi connectivity index (χ2n) is 16.9. The van der Waals surface area contributed by atoms with Crippen LogP contribution in [0, 0.1) is 12.8 Å². The molecule has 15 nitrogen and oxygen atoms in total. The average molecular weight is 846 g/mol. The van der Waals surface area contributed by atoms with Crippen molar-refractivity contribution in [1.82, 2.24) is 45.3 Å². The Morgan fingerprint density at radius 3 is 2.64 bits per heavy atom. The summed E-state index contributed by atoms with van der Waals surface area (Å²) < 4.78 is 11.7. The van der Waals surface area contributed by atoms with Crippen molar-refractivity contribution in [3.8, 4) is 33.3 Å². The van der Waals surface area contributed by atoms with Crippen molar-refractivity contribution in [1.29, 1.82) is 0 Å². The zero-order valence-corrected chi connectivity index (χ0v) is 35.3. The number of carbonyl (C=O) groups is 2. The van der Waals surface area contributed by atoms with Gasteiger partial charge < -0.3 is 34.7 Å². The molecule has 3 saturated heterocycles. The first-order chi connectivity index (χ1) is 29.6. The molecule has 318 valence electrons. The quantitative estimate of drug-likeness (QED) is 0.111. The first kappa shape index (κ1) is 40.7. The fraction of sp³-hybridized carbons (Fsp3) is 0.422. The van der Waals surface area contributed by atoms with Gasteiger partial charge in [0.25, 0.3) is 5.88 Å². The Labute approximate surface area is 357 Å². The Hall–Kier alpha value is -5.68. The number of fused-ring (bicyclic) bond motifs is 1. The monoisotopic (exact) mass is 845 g/mol. The van der Waals surface area contributed by atoms with Gasteiger partial charge in [0, 0.05) is 80.4 Å². The molecule has 7 heterocycles. The lowest BCUT2D eigenvalue weighted by atomic mass is 9.91. The third-order valence-corrected chi connectivity index (χ3v) is 13.4. The second kappa shape index (κ2) is 17.4. The van der Waals surface area contributed by atoms with Gasteiger partial charge in [0.2, 0.25) is 11.8 Å². The minimum Gasteiger partial charge on any atom is -0.507 e. The van der Waals surface area contributed by atoms with Crippen LogP contribution in [-0.2, 0) is 16.1 Å². The van der Waals surface area contributed by atoms with E-state index in [0.29, 0.717) is 48.0 Å².